The van der Waals surface area contributed by atoms with Crippen LogP contribution in [0.25, 0.3) is 0 Å². The van der Waals surface area contributed by atoms with Gasteiger partial charge in [0, 0.05) is 40.2 Å². The summed E-state index contributed by atoms with van der Waals surface area (Å²) < 4.78 is 6.52. The summed E-state index contributed by atoms with van der Waals surface area (Å²) in [5, 5.41) is 3.08. The van der Waals surface area contributed by atoms with E-state index in [9.17, 15) is 4.91 Å². The number of fused-ring (bicyclic) bond motifs is 1. The highest BCUT2D eigenvalue weighted by molar-refractivity contribution is 5.59. The van der Waals surface area contributed by atoms with Gasteiger partial charge in [0.2, 0.25) is 0 Å². The van der Waals surface area contributed by atoms with Crippen molar-refractivity contribution >= 4 is 0 Å². The minimum absolute atomic E-state index is 0.279. The van der Waals surface area contributed by atoms with Crippen molar-refractivity contribution in [2.45, 2.75) is 59.8 Å². The van der Waals surface area contributed by atoms with Crippen molar-refractivity contribution in [2.24, 2.45) is 10.6 Å². The third-order valence-corrected chi connectivity index (χ3v) is 5.96. The quantitative estimate of drug-likeness (QED) is 0.258. The fraction of sp³-hybridized carbons (Fsp3) is 0.357. The number of nitrogens with zero attached hydrogens (tertiary/aromatic N) is 1. The number of allylic oxidation sites excluding steroid dienone is 9. The Kier molecular flexibility index (Phi) is 6.98. The third-order valence-electron chi connectivity index (χ3n) is 5.96. The Labute approximate surface area is 185 Å². The number of hydrogen-bond acceptors (Lipinski definition) is 3. The Morgan fingerprint density at radius 3 is 2.61 bits per heavy atom. The van der Waals surface area contributed by atoms with Crippen molar-refractivity contribution in [3.05, 3.63) is 98.4 Å². The fourth-order valence-corrected chi connectivity index (χ4v) is 4.57. The zero-order valence-corrected chi connectivity index (χ0v) is 18.9. The Morgan fingerprint density at radius 1 is 1.23 bits per heavy atom. The first-order valence-corrected chi connectivity index (χ1v) is 10.9. The van der Waals surface area contributed by atoms with E-state index in [1.165, 1.54) is 0 Å². The van der Waals surface area contributed by atoms with Gasteiger partial charge in [-0.25, -0.2) is 0 Å². The third kappa shape index (κ3) is 4.28. The van der Waals surface area contributed by atoms with Crippen LogP contribution < -0.4 is 0 Å². The summed E-state index contributed by atoms with van der Waals surface area (Å²) in [6, 6.07) is 0. The minimum atomic E-state index is -0.279. The van der Waals surface area contributed by atoms with Gasteiger partial charge in [0.1, 0.15) is 17.2 Å². The summed E-state index contributed by atoms with van der Waals surface area (Å²) in [5.41, 5.74) is 11.6. The molecule has 0 unspecified atom stereocenters. The summed E-state index contributed by atoms with van der Waals surface area (Å²) >= 11 is 0. The first kappa shape index (κ1) is 22.4. The van der Waals surface area contributed by atoms with Gasteiger partial charge in [0.05, 0.1) is 6.42 Å². The number of ether oxygens (including phenoxy) is 1. The van der Waals surface area contributed by atoms with Crippen molar-refractivity contribution in [3.63, 3.8) is 0 Å². The van der Waals surface area contributed by atoms with Crippen molar-refractivity contribution in [3.8, 4) is 11.8 Å². The summed E-state index contributed by atoms with van der Waals surface area (Å²) in [5.74, 6) is 8.18. The van der Waals surface area contributed by atoms with Crippen LogP contribution in [0.4, 0.5) is 0 Å². The smallest absolute Gasteiger partial charge is 0.131 e. The minimum Gasteiger partial charge on any atom is -0.460 e. The lowest BCUT2D eigenvalue weighted by atomic mass is 9.63. The maximum absolute atomic E-state index is 11.1. The first-order chi connectivity index (χ1) is 15.0. The molecule has 2 aliphatic carbocycles. The predicted molar refractivity (Wildman–Crippen MR) is 126 cm³/mol. The normalized spacial score (nSPS) is 21.1. The molecule has 0 aromatic carbocycles. The zero-order chi connectivity index (χ0) is 22.4. The highest BCUT2D eigenvalue weighted by Gasteiger charge is 2.44. The van der Waals surface area contributed by atoms with Crippen LogP contribution >= 0.6 is 0 Å². The zero-order valence-electron chi connectivity index (χ0n) is 18.9. The molecule has 3 rings (SSSR count). The summed E-state index contributed by atoms with van der Waals surface area (Å²) in [6.45, 7) is 12.9. The number of rotatable bonds is 6. The van der Waals surface area contributed by atoms with Gasteiger partial charge in [-0.1, -0.05) is 50.8 Å². The molecule has 1 heterocycles. The van der Waals surface area contributed by atoms with Gasteiger partial charge in [-0.15, -0.1) is 16.4 Å². The standard InChI is InChI=1S/C28H29NO2/c1-6-9-16-24-26(20(4)5)28(7-2,8-3)27-22-14-12-15-23(29-30)19-21(18-22)13-10-11-17-25(27)31-24/h9,14-16,19H,4,6-8,13,17H2,1-3,5H3/b16-9-,23-19+. The van der Waals surface area contributed by atoms with Crippen LogP contribution in [0.5, 0.6) is 0 Å². The molecule has 0 atom stereocenters. The van der Waals surface area contributed by atoms with Gasteiger partial charge in [-0.05, 0) is 49.6 Å². The molecule has 31 heavy (non-hydrogen) atoms. The van der Waals surface area contributed by atoms with Crippen LogP contribution in [0.15, 0.2) is 98.7 Å². The Hall–Kier alpha value is -3.30. The van der Waals surface area contributed by atoms with E-state index in [0.717, 1.165) is 58.6 Å². The van der Waals surface area contributed by atoms with E-state index < -0.39 is 0 Å². The second-order valence-electron chi connectivity index (χ2n) is 7.91. The topological polar surface area (TPSA) is 38.7 Å². The maximum atomic E-state index is 11.1. The van der Waals surface area contributed by atoms with E-state index in [-0.39, 0.29) is 5.41 Å². The fourth-order valence-electron chi connectivity index (χ4n) is 4.57. The van der Waals surface area contributed by atoms with Gasteiger partial charge >= 0.3 is 0 Å². The average molecular weight is 412 g/mol. The van der Waals surface area contributed by atoms with Gasteiger partial charge in [0.15, 0.2) is 0 Å². The molecule has 0 fully saturated rings. The molecule has 1 aliphatic heterocycles. The van der Waals surface area contributed by atoms with Crippen LogP contribution in [0, 0.1) is 22.2 Å². The van der Waals surface area contributed by atoms with E-state index in [4.69, 9.17) is 4.74 Å². The van der Waals surface area contributed by atoms with Crippen molar-refractivity contribution in [2.75, 3.05) is 0 Å². The summed E-state index contributed by atoms with van der Waals surface area (Å²) in [7, 11) is 0. The highest BCUT2D eigenvalue weighted by Crippen LogP contribution is 2.54. The summed E-state index contributed by atoms with van der Waals surface area (Å²) in [6.07, 6.45) is 13.1. The van der Waals surface area contributed by atoms with Crippen LogP contribution in [0.1, 0.15) is 59.8 Å². The lowest BCUT2D eigenvalue weighted by molar-refractivity contribution is 0.246. The first-order valence-electron chi connectivity index (χ1n) is 10.9. The van der Waals surface area contributed by atoms with E-state index >= 15 is 0 Å². The van der Waals surface area contributed by atoms with E-state index in [2.05, 4.69) is 68.0 Å². The van der Waals surface area contributed by atoms with Crippen LogP contribution in [0.2, 0.25) is 0 Å². The van der Waals surface area contributed by atoms with E-state index in [1.54, 1.807) is 12.2 Å². The van der Waals surface area contributed by atoms with Gasteiger partial charge in [-0.3, -0.25) is 0 Å². The SMILES string of the molecule is C=C(C)C1=C(/C=C\CC)OC2=C(C3=C=C(/C=C(/N=O)C=C=C3)CC#CC2)C1(CC)CC. The molecule has 0 radical (unpaired) electrons. The lowest BCUT2D eigenvalue weighted by Gasteiger charge is -2.43. The molecule has 0 saturated carbocycles. The molecular formula is C28H29NO2. The van der Waals surface area contributed by atoms with Crippen molar-refractivity contribution < 1.29 is 4.74 Å². The molecule has 0 aromatic rings. The number of hydrogen-bond donors (Lipinski definition) is 0. The summed E-state index contributed by atoms with van der Waals surface area (Å²) in [4.78, 5) is 11.1. The second-order valence-corrected chi connectivity index (χ2v) is 7.91. The maximum Gasteiger partial charge on any atom is 0.131 e. The van der Waals surface area contributed by atoms with Crippen molar-refractivity contribution in [1.82, 2.24) is 0 Å². The van der Waals surface area contributed by atoms with Gasteiger partial charge in [-0.2, -0.15) is 0 Å². The molecular weight excluding hydrogens is 382 g/mol. The number of nitroso groups, excluding NO2 is 1. The average Bonchev–Trinajstić information content (AvgIpc) is 2.84. The van der Waals surface area contributed by atoms with Crippen LogP contribution in [0.3, 0.4) is 0 Å². The second kappa shape index (κ2) is 9.67. The molecule has 3 nitrogen and oxygen atoms in total. The molecule has 0 aromatic heterocycles. The van der Waals surface area contributed by atoms with Crippen molar-refractivity contribution in [1.29, 1.82) is 0 Å². The Bertz CT molecular complexity index is 1120. The molecule has 0 saturated heterocycles. The Morgan fingerprint density at radius 2 is 1.97 bits per heavy atom. The van der Waals surface area contributed by atoms with Gasteiger partial charge in [0.25, 0.3) is 0 Å². The largest absolute Gasteiger partial charge is 0.460 e. The van der Waals surface area contributed by atoms with Crippen LogP contribution in [-0.2, 0) is 4.74 Å². The molecule has 3 heteroatoms. The molecule has 2 bridgehead atoms. The molecule has 0 amide bonds. The molecule has 0 N–H and O–H groups in total. The van der Waals surface area contributed by atoms with Crippen LogP contribution in [-0.4, -0.2) is 0 Å². The Balaban J connectivity index is 2.39. The predicted octanol–water partition coefficient (Wildman–Crippen LogP) is 7.50. The molecule has 0 spiro atoms. The van der Waals surface area contributed by atoms with E-state index in [1.807, 2.05) is 13.0 Å². The monoisotopic (exact) mass is 411 g/mol. The highest BCUT2D eigenvalue weighted by atomic mass is 16.5. The van der Waals surface area contributed by atoms with Gasteiger partial charge < -0.3 is 4.74 Å². The van der Waals surface area contributed by atoms with E-state index in [0.29, 0.717) is 18.5 Å². The lowest BCUT2D eigenvalue weighted by Crippen LogP contribution is -2.32. The molecule has 158 valence electrons. The molecule has 3 aliphatic rings.